The molecule has 0 aliphatic heterocycles. The fourth-order valence-corrected chi connectivity index (χ4v) is 3.01. The second-order valence-corrected chi connectivity index (χ2v) is 7.85. The number of hydrogen-bond donors (Lipinski definition) is 1. The lowest BCUT2D eigenvalue weighted by molar-refractivity contribution is 0.0742. The van der Waals surface area contributed by atoms with Crippen molar-refractivity contribution in [1.82, 2.24) is 4.90 Å². The van der Waals surface area contributed by atoms with Gasteiger partial charge in [-0.25, -0.2) is 8.42 Å². The SMILES string of the molecule is CC(c1ccc(S(C)(=O)=O)cc1)N(C)C(=O)c1ccc(CN)cc1. The van der Waals surface area contributed by atoms with Crippen LogP contribution >= 0.6 is 0 Å². The van der Waals surface area contributed by atoms with E-state index in [1.165, 1.54) is 6.26 Å². The summed E-state index contributed by atoms with van der Waals surface area (Å²) in [5.74, 6) is -0.0988. The van der Waals surface area contributed by atoms with Gasteiger partial charge in [-0.15, -0.1) is 0 Å². The van der Waals surface area contributed by atoms with Crippen LogP contribution in [0.2, 0.25) is 0 Å². The van der Waals surface area contributed by atoms with E-state index in [0.717, 1.165) is 11.1 Å². The summed E-state index contributed by atoms with van der Waals surface area (Å²) in [6.07, 6.45) is 1.17. The van der Waals surface area contributed by atoms with Crippen LogP contribution in [-0.4, -0.2) is 32.5 Å². The molecule has 2 aromatic carbocycles. The predicted molar refractivity (Wildman–Crippen MR) is 94.4 cm³/mol. The first-order chi connectivity index (χ1) is 11.2. The Morgan fingerprint density at radius 2 is 1.62 bits per heavy atom. The Balaban J connectivity index is 2.18. The summed E-state index contributed by atoms with van der Waals surface area (Å²) in [5, 5.41) is 0. The van der Waals surface area contributed by atoms with Gasteiger partial charge in [-0.1, -0.05) is 24.3 Å². The highest BCUT2D eigenvalue weighted by Crippen LogP contribution is 2.22. The first-order valence-electron chi connectivity index (χ1n) is 7.60. The summed E-state index contributed by atoms with van der Waals surface area (Å²) in [7, 11) is -1.49. The summed E-state index contributed by atoms with van der Waals surface area (Å²) in [4.78, 5) is 14.5. The van der Waals surface area contributed by atoms with E-state index in [1.54, 1.807) is 48.3 Å². The topological polar surface area (TPSA) is 80.5 Å². The summed E-state index contributed by atoms with van der Waals surface area (Å²) < 4.78 is 23.0. The zero-order valence-corrected chi connectivity index (χ0v) is 14.9. The molecule has 0 saturated carbocycles. The zero-order valence-electron chi connectivity index (χ0n) is 14.1. The fraction of sp³-hybridized carbons (Fsp3) is 0.278. The lowest BCUT2D eigenvalue weighted by Crippen LogP contribution is -2.29. The Morgan fingerprint density at radius 1 is 1.08 bits per heavy atom. The Hall–Kier alpha value is -2.18. The minimum atomic E-state index is -3.22. The molecule has 0 spiro atoms. The summed E-state index contributed by atoms with van der Waals surface area (Å²) in [6.45, 7) is 2.34. The van der Waals surface area contributed by atoms with Gasteiger partial charge in [-0.05, 0) is 42.3 Å². The van der Waals surface area contributed by atoms with Crippen molar-refractivity contribution >= 4 is 15.7 Å². The van der Waals surface area contributed by atoms with Crippen molar-refractivity contribution in [1.29, 1.82) is 0 Å². The summed E-state index contributed by atoms with van der Waals surface area (Å²) in [5.41, 5.74) is 8.00. The molecule has 0 aliphatic carbocycles. The fourth-order valence-electron chi connectivity index (χ4n) is 2.38. The maximum absolute atomic E-state index is 12.6. The maximum Gasteiger partial charge on any atom is 0.254 e. The van der Waals surface area contributed by atoms with Crippen molar-refractivity contribution in [2.75, 3.05) is 13.3 Å². The molecule has 6 heteroatoms. The molecule has 1 unspecified atom stereocenters. The average Bonchev–Trinajstić information content (AvgIpc) is 2.59. The third kappa shape index (κ3) is 4.01. The van der Waals surface area contributed by atoms with Crippen molar-refractivity contribution < 1.29 is 13.2 Å². The van der Waals surface area contributed by atoms with Gasteiger partial charge in [0.05, 0.1) is 10.9 Å². The Labute approximate surface area is 143 Å². The molecule has 1 amide bonds. The average molecular weight is 346 g/mol. The standard InChI is InChI=1S/C18H22N2O3S/c1-13(15-8-10-17(11-9-15)24(3,22)23)20(2)18(21)16-6-4-14(12-19)5-7-16/h4-11,13H,12,19H2,1-3H3. The smallest absolute Gasteiger partial charge is 0.254 e. The van der Waals surface area contributed by atoms with E-state index in [9.17, 15) is 13.2 Å². The molecule has 1 atom stereocenters. The highest BCUT2D eigenvalue weighted by Gasteiger charge is 2.19. The number of carbonyl (C=O) groups excluding carboxylic acids is 1. The molecule has 0 radical (unpaired) electrons. The van der Waals surface area contributed by atoms with Crippen LogP contribution < -0.4 is 5.73 Å². The first kappa shape index (κ1) is 18.2. The Bertz CT molecular complexity index is 812. The van der Waals surface area contributed by atoms with Crippen molar-refractivity contribution in [3.63, 3.8) is 0 Å². The lowest BCUT2D eigenvalue weighted by Gasteiger charge is -2.25. The highest BCUT2D eigenvalue weighted by atomic mass is 32.2. The van der Waals surface area contributed by atoms with Crippen molar-refractivity contribution in [3.05, 3.63) is 65.2 Å². The normalized spacial score (nSPS) is 12.7. The number of amides is 1. The van der Waals surface area contributed by atoms with Gasteiger partial charge in [0.1, 0.15) is 0 Å². The Morgan fingerprint density at radius 3 is 2.08 bits per heavy atom. The van der Waals surface area contributed by atoms with Crippen LogP contribution in [0.1, 0.15) is 34.5 Å². The number of rotatable bonds is 5. The predicted octanol–water partition coefficient (Wildman–Crippen LogP) is 2.38. The van der Waals surface area contributed by atoms with E-state index < -0.39 is 9.84 Å². The van der Waals surface area contributed by atoms with Crippen LogP contribution in [0.5, 0.6) is 0 Å². The second-order valence-electron chi connectivity index (χ2n) is 5.83. The van der Waals surface area contributed by atoms with Gasteiger partial charge in [0.15, 0.2) is 9.84 Å². The largest absolute Gasteiger partial charge is 0.335 e. The molecule has 2 aromatic rings. The molecule has 5 nitrogen and oxygen atoms in total. The minimum absolute atomic E-state index is 0.0988. The molecule has 0 saturated heterocycles. The second kappa shape index (κ2) is 7.15. The van der Waals surface area contributed by atoms with Gasteiger partial charge in [0.2, 0.25) is 0 Å². The molecular weight excluding hydrogens is 324 g/mol. The molecule has 0 bridgehead atoms. The van der Waals surface area contributed by atoms with Crippen LogP contribution in [0.15, 0.2) is 53.4 Å². The molecule has 128 valence electrons. The number of nitrogens with zero attached hydrogens (tertiary/aromatic N) is 1. The van der Waals surface area contributed by atoms with Crippen molar-refractivity contribution in [2.45, 2.75) is 24.4 Å². The zero-order chi connectivity index (χ0) is 17.9. The number of nitrogens with two attached hydrogens (primary N) is 1. The third-order valence-electron chi connectivity index (χ3n) is 4.13. The van der Waals surface area contributed by atoms with Crippen molar-refractivity contribution in [3.8, 4) is 0 Å². The van der Waals surface area contributed by atoms with Gasteiger partial charge < -0.3 is 10.6 Å². The molecule has 0 heterocycles. The van der Waals surface area contributed by atoms with E-state index in [-0.39, 0.29) is 16.8 Å². The Kier molecular flexibility index (Phi) is 5.41. The molecule has 2 rings (SSSR count). The molecule has 0 fully saturated rings. The first-order valence-corrected chi connectivity index (χ1v) is 9.49. The highest BCUT2D eigenvalue weighted by molar-refractivity contribution is 7.90. The van der Waals surface area contributed by atoms with Gasteiger partial charge in [-0.2, -0.15) is 0 Å². The van der Waals surface area contributed by atoms with E-state index in [0.29, 0.717) is 12.1 Å². The summed E-state index contributed by atoms with van der Waals surface area (Å²) in [6, 6.07) is 13.6. The molecule has 0 aliphatic rings. The molecule has 0 aromatic heterocycles. The molecular formula is C18H22N2O3S. The van der Waals surface area contributed by atoms with Crippen LogP contribution in [0.25, 0.3) is 0 Å². The lowest BCUT2D eigenvalue weighted by atomic mass is 10.1. The van der Waals surface area contributed by atoms with E-state index in [1.807, 2.05) is 19.1 Å². The number of benzene rings is 2. The maximum atomic E-state index is 12.6. The van der Waals surface area contributed by atoms with Crippen molar-refractivity contribution in [2.24, 2.45) is 5.73 Å². The monoisotopic (exact) mass is 346 g/mol. The van der Waals surface area contributed by atoms with Crippen LogP contribution in [0, 0.1) is 0 Å². The van der Waals surface area contributed by atoms with E-state index in [2.05, 4.69) is 0 Å². The number of sulfone groups is 1. The van der Waals surface area contributed by atoms with E-state index in [4.69, 9.17) is 5.73 Å². The number of carbonyl (C=O) groups is 1. The van der Waals surface area contributed by atoms with Gasteiger partial charge in [0.25, 0.3) is 5.91 Å². The van der Waals surface area contributed by atoms with Gasteiger partial charge in [-0.3, -0.25) is 4.79 Å². The van der Waals surface area contributed by atoms with Gasteiger partial charge >= 0.3 is 0 Å². The minimum Gasteiger partial charge on any atom is -0.335 e. The van der Waals surface area contributed by atoms with E-state index >= 15 is 0 Å². The molecule has 24 heavy (non-hydrogen) atoms. The quantitative estimate of drug-likeness (QED) is 0.901. The summed E-state index contributed by atoms with van der Waals surface area (Å²) >= 11 is 0. The van der Waals surface area contributed by atoms with Gasteiger partial charge in [0, 0.05) is 25.4 Å². The van der Waals surface area contributed by atoms with Crippen LogP contribution in [0.3, 0.4) is 0 Å². The number of hydrogen-bond acceptors (Lipinski definition) is 4. The van der Waals surface area contributed by atoms with Crippen LogP contribution in [0.4, 0.5) is 0 Å². The molecule has 2 N–H and O–H groups in total. The third-order valence-corrected chi connectivity index (χ3v) is 5.26. The van der Waals surface area contributed by atoms with Crippen LogP contribution in [-0.2, 0) is 16.4 Å².